The summed E-state index contributed by atoms with van der Waals surface area (Å²) in [6.07, 6.45) is 2.20. The number of rotatable bonds is 4. The molecule has 1 unspecified atom stereocenters. The third-order valence-corrected chi connectivity index (χ3v) is 8.99. The van der Waals surface area contributed by atoms with Crippen LogP contribution in [-0.4, -0.2) is 19.8 Å². The van der Waals surface area contributed by atoms with Gasteiger partial charge in [0.1, 0.15) is 0 Å². The fourth-order valence-corrected chi connectivity index (χ4v) is 2.80. The molecule has 0 saturated carbocycles. The summed E-state index contributed by atoms with van der Waals surface area (Å²) in [4.78, 5) is 0. The summed E-state index contributed by atoms with van der Waals surface area (Å²) >= 11 is 0. The fourth-order valence-electron chi connectivity index (χ4n) is 1.58. The molecule has 0 spiro atoms. The lowest BCUT2D eigenvalue weighted by Crippen LogP contribution is -2.35. The van der Waals surface area contributed by atoms with Gasteiger partial charge in [-0.1, -0.05) is 76.0 Å². The molecule has 0 fully saturated rings. The molecule has 0 heterocycles. The van der Waals surface area contributed by atoms with Crippen LogP contribution in [0.5, 0.6) is 0 Å². The largest absolute Gasteiger partial charge is 0.395 e. The van der Waals surface area contributed by atoms with Gasteiger partial charge in [0.2, 0.25) is 0 Å². The van der Waals surface area contributed by atoms with Crippen LogP contribution in [0.4, 0.5) is 0 Å². The van der Waals surface area contributed by atoms with E-state index in [0.717, 1.165) is 0 Å². The Balaban J connectivity index is 2.88. The highest BCUT2D eigenvalue weighted by atomic mass is 28.3. The predicted octanol–water partition coefficient (Wildman–Crippen LogP) is 4.37. The second-order valence-electron chi connectivity index (χ2n) is 6.53. The first-order chi connectivity index (χ1) is 8.28. The monoisotopic (exact) mass is 262 g/mol. The van der Waals surface area contributed by atoms with Crippen molar-refractivity contribution in [2.45, 2.75) is 44.8 Å². The van der Waals surface area contributed by atoms with Crippen LogP contribution >= 0.6 is 0 Å². The molecule has 0 amide bonds. The molecular formula is C16H26OSi. The summed E-state index contributed by atoms with van der Waals surface area (Å²) in [5.74, 6) is 0.125. The van der Waals surface area contributed by atoms with Crippen molar-refractivity contribution >= 4 is 8.07 Å². The van der Waals surface area contributed by atoms with E-state index < -0.39 is 8.07 Å². The van der Waals surface area contributed by atoms with Gasteiger partial charge in [0, 0.05) is 5.92 Å². The molecule has 100 valence electrons. The van der Waals surface area contributed by atoms with E-state index in [-0.39, 0.29) is 12.5 Å². The first kappa shape index (κ1) is 15.2. The quantitative estimate of drug-likeness (QED) is 0.799. The summed E-state index contributed by atoms with van der Waals surface area (Å²) in [5.41, 5.74) is 3.57. The molecule has 0 aliphatic carbocycles. The van der Waals surface area contributed by atoms with Gasteiger partial charge in [0.25, 0.3) is 0 Å². The van der Waals surface area contributed by atoms with Crippen LogP contribution in [0.3, 0.4) is 0 Å². The highest BCUT2D eigenvalue weighted by Crippen LogP contribution is 2.37. The Kier molecular flexibility index (Phi) is 4.94. The van der Waals surface area contributed by atoms with Crippen molar-refractivity contribution in [1.29, 1.82) is 0 Å². The van der Waals surface area contributed by atoms with Gasteiger partial charge in [-0.25, -0.2) is 0 Å². The molecule has 1 N–H and O–H groups in total. The molecule has 1 rings (SSSR count). The summed E-state index contributed by atoms with van der Waals surface area (Å²) in [6.45, 7) is 11.8. The molecule has 0 aliphatic heterocycles. The molecule has 1 atom stereocenters. The minimum Gasteiger partial charge on any atom is -0.395 e. The van der Waals surface area contributed by atoms with Crippen LogP contribution < -0.4 is 0 Å². The van der Waals surface area contributed by atoms with Crippen molar-refractivity contribution in [3.63, 3.8) is 0 Å². The lowest BCUT2D eigenvalue weighted by Gasteiger charge is -2.34. The maximum Gasteiger partial charge on any atom is 0.0766 e. The predicted molar refractivity (Wildman–Crippen MR) is 82.6 cm³/mol. The van der Waals surface area contributed by atoms with E-state index in [4.69, 9.17) is 0 Å². The Morgan fingerprint density at radius 1 is 1.17 bits per heavy atom. The number of benzene rings is 1. The Morgan fingerprint density at radius 2 is 1.72 bits per heavy atom. The lowest BCUT2D eigenvalue weighted by molar-refractivity contribution is 0.283. The Morgan fingerprint density at radius 3 is 2.17 bits per heavy atom. The zero-order valence-corrected chi connectivity index (χ0v) is 13.3. The third kappa shape index (κ3) is 3.82. The van der Waals surface area contributed by atoms with Gasteiger partial charge < -0.3 is 5.11 Å². The van der Waals surface area contributed by atoms with E-state index in [1.807, 2.05) is 18.2 Å². The molecule has 2 heteroatoms. The maximum atomic E-state index is 9.54. The highest BCUT2D eigenvalue weighted by Gasteiger charge is 2.32. The summed E-state index contributed by atoms with van der Waals surface area (Å²) in [7, 11) is -1.41. The van der Waals surface area contributed by atoms with E-state index in [0.29, 0.717) is 5.04 Å². The van der Waals surface area contributed by atoms with E-state index in [9.17, 15) is 5.11 Å². The standard InChI is InChI=1S/C16H26OSi/c1-16(2,3)18(4,5)12-11-15(13-17)14-9-7-6-8-10-14/h6-12,15,17H,13H2,1-5H3/b12-11-. The third-order valence-electron chi connectivity index (χ3n) is 4.10. The summed E-state index contributed by atoms with van der Waals surface area (Å²) in [6, 6.07) is 10.2. The minimum atomic E-state index is -1.41. The number of aliphatic hydroxyl groups is 1. The smallest absolute Gasteiger partial charge is 0.0766 e. The van der Waals surface area contributed by atoms with Crippen LogP contribution in [0.15, 0.2) is 42.1 Å². The molecule has 18 heavy (non-hydrogen) atoms. The van der Waals surface area contributed by atoms with Crippen molar-refractivity contribution < 1.29 is 5.11 Å². The molecule has 1 aromatic rings. The molecule has 0 radical (unpaired) electrons. The fraction of sp³-hybridized carbons (Fsp3) is 0.500. The Labute approximate surface area is 113 Å². The van der Waals surface area contributed by atoms with Gasteiger partial charge in [-0.3, -0.25) is 0 Å². The first-order valence-electron chi connectivity index (χ1n) is 6.63. The normalized spacial score (nSPS) is 15.0. The van der Waals surface area contributed by atoms with Crippen LogP contribution in [0.1, 0.15) is 32.3 Å². The van der Waals surface area contributed by atoms with E-state index in [2.05, 4.69) is 57.8 Å². The SMILES string of the molecule is CC(C)(C)[Si](C)(C)/C=C\C(CO)c1ccccc1. The van der Waals surface area contributed by atoms with Crippen LogP contribution in [0.2, 0.25) is 18.1 Å². The van der Waals surface area contributed by atoms with E-state index in [1.165, 1.54) is 5.56 Å². The van der Waals surface area contributed by atoms with Crippen LogP contribution in [-0.2, 0) is 0 Å². The number of hydrogen-bond acceptors (Lipinski definition) is 1. The number of aliphatic hydroxyl groups excluding tert-OH is 1. The van der Waals surface area contributed by atoms with Crippen molar-refractivity contribution in [1.82, 2.24) is 0 Å². The van der Waals surface area contributed by atoms with Gasteiger partial charge in [-0.15, -0.1) is 0 Å². The number of hydrogen-bond donors (Lipinski definition) is 1. The second kappa shape index (κ2) is 5.85. The van der Waals surface area contributed by atoms with Crippen molar-refractivity contribution in [2.75, 3.05) is 6.61 Å². The maximum absolute atomic E-state index is 9.54. The average molecular weight is 262 g/mol. The van der Waals surface area contributed by atoms with E-state index in [1.54, 1.807) is 0 Å². The van der Waals surface area contributed by atoms with Crippen molar-refractivity contribution in [3.05, 3.63) is 47.7 Å². The molecule has 1 aromatic carbocycles. The first-order valence-corrected chi connectivity index (χ1v) is 9.71. The van der Waals surface area contributed by atoms with Gasteiger partial charge in [-0.2, -0.15) is 0 Å². The topological polar surface area (TPSA) is 20.2 Å². The van der Waals surface area contributed by atoms with Crippen LogP contribution in [0, 0.1) is 0 Å². The zero-order chi connectivity index (χ0) is 13.8. The lowest BCUT2D eigenvalue weighted by atomic mass is 10.0. The van der Waals surface area contributed by atoms with Gasteiger partial charge in [0.05, 0.1) is 14.7 Å². The zero-order valence-electron chi connectivity index (χ0n) is 12.3. The summed E-state index contributed by atoms with van der Waals surface area (Å²) in [5, 5.41) is 9.89. The van der Waals surface area contributed by atoms with E-state index >= 15 is 0 Å². The Bertz CT molecular complexity index is 387. The van der Waals surface area contributed by atoms with Crippen molar-refractivity contribution in [2.24, 2.45) is 0 Å². The van der Waals surface area contributed by atoms with Crippen LogP contribution in [0.25, 0.3) is 0 Å². The molecule has 1 nitrogen and oxygen atoms in total. The second-order valence-corrected chi connectivity index (χ2v) is 11.8. The van der Waals surface area contributed by atoms with Gasteiger partial charge in [0.15, 0.2) is 0 Å². The molecule has 0 aromatic heterocycles. The molecule has 0 aliphatic rings. The average Bonchev–Trinajstić information content (AvgIpc) is 2.29. The Hall–Kier alpha value is -0.863. The van der Waals surface area contributed by atoms with Crippen molar-refractivity contribution in [3.8, 4) is 0 Å². The van der Waals surface area contributed by atoms with Gasteiger partial charge >= 0.3 is 0 Å². The molecule has 0 saturated heterocycles. The molecular weight excluding hydrogens is 236 g/mol. The summed E-state index contributed by atoms with van der Waals surface area (Å²) < 4.78 is 0. The highest BCUT2D eigenvalue weighted by molar-refractivity contribution is 6.84. The van der Waals surface area contributed by atoms with Gasteiger partial charge in [-0.05, 0) is 10.6 Å². The minimum absolute atomic E-state index is 0.125. The molecule has 0 bridgehead atoms.